The highest BCUT2D eigenvalue weighted by molar-refractivity contribution is 7.89. The maximum Gasteiger partial charge on any atom is 0.243 e. The zero-order valence-corrected chi connectivity index (χ0v) is 11.3. The Morgan fingerprint density at radius 3 is 2.67 bits per heavy atom. The number of aryl methyl sites for hydroxylation is 1. The minimum absolute atomic E-state index is 0.368. The SMILES string of the molecule is Cc1ccc(S(=O)(=O)N2CCC[C@@H]3N[C@@H]3C2)cc1. The lowest BCUT2D eigenvalue weighted by molar-refractivity contribution is 0.415. The van der Waals surface area contributed by atoms with Crippen molar-refractivity contribution >= 4 is 10.0 Å². The van der Waals surface area contributed by atoms with Crippen LogP contribution in [-0.2, 0) is 10.0 Å². The van der Waals surface area contributed by atoms with Gasteiger partial charge in [0, 0.05) is 25.2 Å². The minimum atomic E-state index is -3.32. The molecule has 0 unspecified atom stereocenters. The van der Waals surface area contributed by atoms with E-state index in [9.17, 15) is 8.42 Å². The quantitative estimate of drug-likeness (QED) is 0.816. The molecule has 0 radical (unpaired) electrons. The lowest BCUT2D eigenvalue weighted by Gasteiger charge is -2.20. The van der Waals surface area contributed by atoms with Gasteiger partial charge in [0.05, 0.1) is 4.90 Å². The van der Waals surface area contributed by atoms with Gasteiger partial charge in [0.15, 0.2) is 0 Å². The first kappa shape index (κ1) is 12.1. The van der Waals surface area contributed by atoms with Crippen LogP contribution in [0.4, 0.5) is 0 Å². The lowest BCUT2D eigenvalue weighted by atomic mass is 10.2. The third-order valence-corrected chi connectivity index (χ3v) is 5.67. The summed E-state index contributed by atoms with van der Waals surface area (Å²) in [4.78, 5) is 0.409. The van der Waals surface area contributed by atoms with Gasteiger partial charge >= 0.3 is 0 Å². The smallest absolute Gasteiger partial charge is 0.243 e. The van der Waals surface area contributed by atoms with E-state index in [1.54, 1.807) is 16.4 Å². The molecule has 2 heterocycles. The second-order valence-electron chi connectivity index (χ2n) is 5.20. The summed E-state index contributed by atoms with van der Waals surface area (Å²) in [5.74, 6) is 0. The molecule has 0 aliphatic carbocycles. The van der Waals surface area contributed by atoms with Crippen molar-refractivity contribution in [3.05, 3.63) is 29.8 Å². The Hall–Kier alpha value is -0.910. The van der Waals surface area contributed by atoms with E-state index in [2.05, 4.69) is 5.32 Å². The molecule has 5 heteroatoms. The highest BCUT2D eigenvalue weighted by Crippen LogP contribution is 2.26. The topological polar surface area (TPSA) is 59.3 Å². The first-order valence-electron chi connectivity index (χ1n) is 6.40. The van der Waals surface area contributed by atoms with Gasteiger partial charge in [-0.25, -0.2) is 8.42 Å². The van der Waals surface area contributed by atoms with Crippen molar-refractivity contribution in [3.8, 4) is 0 Å². The van der Waals surface area contributed by atoms with Crippen LogP contribution >= 0.6 is 0 Å². The molecule has 2 fully saturated rings. The Morgan fingerprint density at radius 2 is 1.94 bits per heavy atom. The van der Waals surface area contributed by atoms with Gasteiger partial charge in [-0.1, -0.05) is 17.7 Å². The molecule has 2 saturated heterocycles. The van der Waals surface area contributed by atoms with Crippen LogP contribution in [-0.4, -0.2) is 37.9 Å². The van der Waals surface area contributed by atoms with Crippen molar-refractivity contribution < 1.29 is 8.42 Å². The van der Waals surface area contributed by atoms with Crippen molar-refractivity contribution in [1.82, 2.24) is 9.62 Å². The fourth-order valence-corrected chi connectivity index (χ4v) is 4.06. The molecule has 3 rings (SSSR count). The number of hydrogen-bond donors (Lipinski definition) is 1. The van der Waals surface area contributed by atoms with Gasteiger partial charge in [-0.3, -0.25) is 0 Å². The van der Waals surface area contributed by atoms with E-state index in [-0.39, 0.29) is 0 Å². The summed E-state index contributed by atoms with van der Waals surface area (Å²) < 4.78 is 26.7. The van der Waals surface area contributed by atoms with Crippen LogP contribution in [0.25, 0.3) is 0 Å². The third kappa shape index (κ3) is 2.18. The van der Waals surface area contributed by atoms with E-state index in [1.807, 2.05) is 19.1 Å². The van der Waals surface area contributed by atoms with Gasteiger partial charge in [0.2, 0.25) is 10.0 Å². The number of benzene rings is 1. The number of nitrogens with zero attached hydrogens (tertiary/aromatic N) is 1. The molecule has 1 aromatic carbocycles. The molecule has 0 spiro atoms. The molecular formula is C13H18N2O2S. The van der Waals surface area contributed by atoms with E-state index < -0.39 is 10.0 Å². The van der Waals surface area contributed by atoms with Crippen molar-refractivity contribution in [2.24, 2.45) is 0 Å². The van der Waals surface area contributed by atoms with Gasteiger partial charge in [-0.2, -0.15) is 4.31 Å². The summed E-state index contributed by atoms with van der Waals surface area (Å²) in [5, 5.41) is 3.33. The van der Waals surface area contributed by atoms with Crippen LogP contribution in [0.1, 0.15) is 18.4 Å². The molecule has 2 atom stereocenters. The number of hydrogen-bond acceptors (Lipinski definition) is 3. The average molecular weight is 266 g/mol. The standard InChI is InChI=1S/C13H18N2O2S/c1-10-4-6-11(7-5-10)18(16,17)15-8-2-3-12-13(9-15)14-12/h4-7,12-14H,2-3,8-9H2,1H3/t12-,13+/m0/s1. The van der Waals surface area contributed by atoms with E-state index in [1.165, 1.54) is 0 Å². The third-order valence-electron chi connectivity index (χ3n) is 3.79. The summed E-state index contributed by atoms with van der Waals surface area (Å²) in [6, 6.07) is 8.02. The van der Waals surface area contributed by atoms with Crippen LogP contribution in [0.3, 0.4) is 0 Å². The van der Waals surface area contributed by atoms with Gasteiger partial charge < -0.3 is 5.32 Å². The van der Waals surface area contributed by atoms with Gasteiger partial charge in [-0.05, 0) is 31.9 Å². The molecule has 18 heavy (non-hydrogen) atoms. The average Bonchev–Trinajstić information content (AvgIpc) is 3.06. The predicted octanol–water partition coefficient (Wildman–Crippen LogP) is 1.12. The summed E-state index contributed by atoms with van der Waals surface area (Å²) in [7, 11) is -3.32. The van der Waals surface area contributed by atoms with Crippen LogP contribution in [0.15, 0.2) is 29.2 Å². The fraction of sp³-hybridized carbons (Fsp3) is 0.538. The molecule has 0 bridgehead atoms. The van der Waals surface area contributed by atoms with Gasteiger partial charge in [0.25, 0.3) is 0 Å². The number of sulfonamides is 1. The molecule has 0 saturated carbocycles. The Kier molecular flexibility index (Phi) is 2.92. The number of rotatable bonds is 2. The zero-order valence-electron chi connectivity index (χ0n) is 10.5. The van der Waals surface area contributed by atoms with Crippen molar-refractivity contribution in [3.63, 3.8) is 0 Å². The van der Waals surface area contributed by atoms with Crippen molar-refractivity contribution in [2.45, 2.75) is 36.7 Å². The largest absolute Gasteiger partial charge is 0.307 e. The summed E-state index contributed by atoms with van der Waals surface area (Å²) in [6.45, 7) is 3.22. The summed E-state index contributed by atoms with van der Waals surface area (Å²) in [5.41, 5.74) is 1.08. The van der Waals surface area contributed by atoms with Crippen LogP contribution < -0.4 is 5.32 Å². The maximum atomic E-state index is 12.5. The van der Waals surface area contributed by atoms with E-state index in [0.717, 1.165) is 18.4 Å². The van der Waals surface area contributed by atoms with E-state index >= 15 is 0 Å². The molecular weight excluding hydrogens is 248 g/mol. The monoisotopic (exact) mass is 266 g/mol. The second-order valence-corrected chi connectivity index (χ2v) is 7.14. The first-order chi connectivity index (χ1) is 8.57. The normalized spacial score (nSPS) is 28.5. The molecule has 0 aromatic heterocycles. The van der Waals surface area contributed by atoms with Crippen molar-refractivity contribution in [1.29, 1.82) is 0 Å². The Bertz CT molecular complexity index is 539. The van der Waals surface area contributed by atoms with Crippen LogP contribution in [0, 0.1) is 6.92 Å². The maximum absolute atomic E-state index is 12.5. The number of fused-ring (bicyclic) bond motifs is 1. The summed E-state index contributed by atoms with van der Waals surface area (Å²) >= 11 is 0. The zero-order chi connectivity index (χ0) is 12.8. The highest BCUT2D eigenvalue weighted by Gasteiger charge is 2.41. The molecule has 2 aliphatic rings. The molecule has 98 valence electrons. The predicted molar refractivity (Wildman–Crippen MR) is 69.9 cm³/mol. The molecule has 1 aromatic rings. The highest BCUT2D eigenvalue weighted by atomic mass is 32.2. The van der Waals surface area contributed by atoms with Gasteiger partial charge in [0.1, 0.15) is 0 Å². The first-order valence-corrected chi connectivity index (χ1v) is 7.84. The van der Waals surface area contributed by atoms with E-state index in [0.29, 0.717) is 30.1 Å². The van der Waals surface area contributed by atoms with Crippen molar-refractivity contribution in [2.75, 3.05) is 13.1 Å². The van der Waals surface area contributed by atoms with Crippen LogP contribution in [0.5, 0.6) is 0 Å². The Morgan fingerprint density at radius 1 is 1.22 bits per heavy atom. The Labute approximate surface area is 108 Å². The van der Waals surface area contributed by atoms with Gasteiger partial charge in [-0.15, -0.1) is 0 Å². The minimum Gasteiger partial charge on any atom is -0.307 e. The number of nitrogens with one attached hydrogen (secondary N) is 1. The summed E-state index contributed by atoms with van der Waals surface area (Å²) in [6.07, 6.45) is 2.03. The molecule has 0 amide bonds. The van der Waals surface area contributed by atoms with Crippen LogP contribution in [0.2, 0.25) is 0 Å². The lowest BCUT2D eigenvalue weighted by Crippen LogP contribution is -2.35. The molecule has 1 N–H and O–H groups in total. The van der Waals surface area contributed by atoms with E-state index in [4.69, 9.17) is 0 Å². The molecule has 4 nitrogen and oxygen atoms in total. The molecule has 2 aliphatic heterocycles. The second kappa shape index (κ2) is 4.33. The fourth-order valence-electron chi connectivity index (χ4n) is 2.56. The Balaban J connectivity index is 1.86.